The molecule has 2 rings (SSSR count). The van der Waals surface area contributed by atoms with Crippen LogP contribution in [0.1, 0.15) is 10.4 Å². The molecule has 0 saturated carbocycles. The molecule has 0 aliphatic rings. The number of nitrogen functional groups attached to an aromatic ring is 1. The number of methoxy groups -OCH3 is 1. The van der Waals surface area contributed by atoms with Gasteiger partial charge in [-0.15, -0.1) is 0 Å². The largest absolute Gasteiger partial charge is 0.494 e. The summed E-state index contributed by atoms with van der Waals surface area (Å²) in [4.78, 5) is 12.0. The average molecular weight is 278 g/mol. The Morgan fingerprint density at radius 2 is 1.95 bits per heavy atom. The van der Waals surface area contributed by atoms with Crippen LogP contribution in [0.25, 0.3) is 0 Å². The summed E-state index contributed by atoms with van der Waals surface area (Å²) in [5.74, 6) is -1.54. The average Bonchev–Trinajstić information content (AvgIpc) is 2.43. The van der Waals surface area contributed by atoms with Crippen molar-refractivity contribution in [1.29, 1.82) is 0 Å². The molecule has 104 valence electrons. The Hall–Kier alpha value is -2.63. The fraction of sp³-hybridized carbons (Fsp3) is 0.0714. The second-order valence-corrected chi connectivity index (χ2v) is 4.04. The van der Waals surface area contributed by atoms with Gasteiger partial charge < -0.3 is 15.8 Å². The minimum absolute atomic E-state index is 0.0408. The molecule has 3 N–H and O–H groups in total. The second-order valence-electron chi connectivity index (χ2n) is 4.04. The third-order valence-electron chi connectivity index (χ3n) is 2.67. The molecule has 1 amide bonds. The zero-order valence-electron chi connectivity index (χ0n) is 10.6. The van der Waals surface area contributed by atoms with Crippen LogP contribution in [0.5, 0.6) is 5.75 Å². The maximum atomic E-state index is 13.3. The van der Waals surface area contributed by atoms with Crippen molar-refractivity contribution in [3.8, 4) is 5.75 Å². The van der Waals surface area contributed by atoms with Crippen LogP contribution in [0, 0.1) is 11.6 Å². The molecule has 4 nitrogen and oxygen atoms in total. The molecule has 6 heteroatoms. The highest BCUT2D eigenvalue weighted by atomic mass is 19.1. The van der Waals surface area contributed by atoms with Gasteiger partial charge in [0.2, 0.25) is 0 Å². The van der Waals surface area contributed by atoms with Crippen molar-refractivity contribution in [2.45, 2.75) is 0 Å². The lowest BCUT2D eigenvalue weighted by atomic mass is 10.1. The first-order valence-corrected chi connectivity index (χ1v) is 5.71. The molecular formula is C14H12F2N2O2. The Morgan fingerprint density at radius 3 is 2.60 bits per heavy atom. The third-order valence-corrected chi connectivity index (χ3v) is 2.67. The summed E-state index contributed by atoms with van der Waals surface area (Å²) in [6.45, 7) is 0. The van der Waals surface area contributed by atoms with E-state index in [0.717, 1.165) is 12.1 Å². The van der Waals surface area contributed by atoms with Gasteiger partial charge in [-0.25, -0.2) is 8.78 Å². The fourth-order valence-electron chi connectivity index (χ4n) is 1.63. The Morgan fingerprint density at radius 1 is 1.20 bits per heavy atom. The van der Waals surface area contributed by atoms with E-state index < -0.39 is 17.5 Å². The third kappa shape index (κ3) is 2.85. The lowest BCUT2D eigenvalue weighted by Crippen LogP contribution is -2.13. The van der Waals surface area contributed by atoms with Gasteiger partial charge in [0.05, 0.1) is 18.5 Å². The molecule has 2 aromatic carbocycles. The molecule has 0 fully saturated rings. The number of nitrogens with two attached hydrogens (primary N) is 1. The van der Waals surface area contributed by atoms with Crippen molar-refractivity contribution in [1.82, 2.24) is 0 Å². The minimum atomic E-state index is -0.677. The van der Waals surface area contributed by atoms with Crippen LogP contribution in [0.2, 0.25) is 0 Å². The Kier molecular flexibility index (Phi) is 3.84. The van der Waals surface area contributed by atoms with Gasteiger partial charge in [-0.1, -0.05) is 0 Å². The molecule has 0 radical (unpaired) electrons. The van der Waals surface area contributed by atoms with Gasteiger partial charge in [-0.2, -0.15) is 0 Å². The van der Waals surface area contributed by atoms with E-state index in [9.17, 15) is 13.6 Å². The van der Waals surface area contributed by atoms with Gasteiger partial charge in [-0.3, -0.25) is 4.79 Å². The van der Waals surface area contributed by atoms with E-state index in [2.05, 4.69) is 5.32 Å². The zero-order valence-corrected chi connectivity index (χ0v) is 10.6. The van der Waals surface area contributed by atoms with Crippen molar-refractivity contribution >= 4 is 17.3 Å². The van der Waals surface area contributed by atoms with Crippen molar-refractivity contribution in [3.63, 3.8) is 0 Å². The number of halogens is 2. The molecule has 0 saturated heterocycles. The summed E-state index contributed by atoms with van der Waals surface area (Å²) in [5, 5.41) is 2.51. The maximum Gasteiger partial charge on any atom is 0.255 e. The standard InChI is InChI=1S/C14H12F2N2O2/c1-20-13-7-9(15)3-5-12(13)18-14(19)8-2-4-11(17)10(16)6-8/h2-7H,17H2,1H3,(H,18,19). The predicted octanol–water partition coefficient (Wildman–Crippen LogP) is 2.81. The monoisotopic (exact) mass is 278 g/mol. The van der Waals surface area contributed by atoms with Gasteiger partial charge in [0.15, 0.2) is 0 Å². The number of amides is 1. The summed E-state index contributed by atoms with van der Waals surface area (Å²) < 4.78 is 31.3. The van der Waals surface area contributed by atoms with Crippen LogP contribution in [-0.4, -0.2) is 13.0 Å². The first-order valence-electron chi connectivity index (χ1n) is 5.71. The zero-order chi connectivity index (χ0) is 14.7. The second kappa shape index (κ2) is 5.56. The summed E-state index contributed by atoms with van der Waals surface area (Å²) in [6, 6.07) is 7.40. The SMILES string of the molecule is COc1cc(F)ccc1NC(=O)c1ccc(N)c(F)c1. The van der Waals surface area contributed by atoms with E-state index >= 15 is 0 Å². The summed E-state index contributed by atoms with van der Waals surface area (Å²) >= 11 is 0. The Balaban J connectivity index is 2.25. The number of ether oxygens (including phenoxy) is 1. The van der Waals surface area contributed by atoms with E-state index in [4.69, 9.17) is 10.5 Å². The maximum absolute atomic E-state index is 13.3. The van der Waals surface area contributed by atoms with Crippen LogP contribution in [0.4, 0.5) is 20.2 Å². The quantitative estimate of drug-likeness (QED) is 0.848. The Bertz CT molecular complexity index is 660. The number of carbonyl (C=O) groups excluding carboxylic acids is 1. The summed E-state index contributed by atoms with van der Waals surface area (Å²) in [5.41, 5.74) is 5.68. The van der Waals surface area contributed by atoms with E-state index in [1.165, 1.54) is 31.4 Å². The van der Waals surface area contributed by atoms with Gasteiger partial charge in [0.1, 0.15) is 17.4 Å². The number of carbonyl (C=O) groups is 1. The summed E-state index contributed by atoms with van der Waals surface area (Å²) in [7, 11) is 1.35. The number of rotatable bonds is 3. The number of hydrogen-bond donors (Lipinski definition) is 2. The fourth-order valence-corrected chi connectivity index (χ4v) is 1.63. The molecule has 2 aromatic rings. The first kappa shape index (κ1) is 13.8. The number of anilines is 2. The molecule has 0 unspecified atom stereocenters. The van der Waals surface area contributed by atoms with Gasteiger partial charge in [0.25, 0.3) is 5.91 Å². The molecule has 0 heterocycles. The highest BCUT2D eigenvalue weighted by molar-refractivity contribution is 6.05. The summed E-state index contributed by atoms with van der Waals surface area (Å²) in [6.07, 6.45) is 0. The lowest BCUT2D eigenvalue weighted by Gasteiger charge is -2.10. The van der Waals surface area contributed by atoms with Crippen LogP contribution >= 0.6 is 0 Å². The molecule has 0 aliphatic heterocycles. The molecule has 0 bridgehead atoms. The topological polar surface area (TPSA) is 64.3 Å². The first-order chi connectivity index (χ1) is 9.51. The van der Waals surface area contributed by atoms with E-state index in [1.54, 1.807) is 0 Å². The highest BCUT2D eigenvalue weighted by Gasteiger charge is 2.12. The van der Waals surface area contributed by atoms with Gasteiger partial charge >= 0.3 is 0 Å². The lowest BCUT2D eigenvalue weighted by molar-refractivity contribution is 0.102. The number of benzene rings is 2. The molecule has 20 heavy (non-hydrogen) atoms. The van der Waals surface area contributed by atoms with Crippen molar-refractivity contribution in [3.05, 3.63) is 53.6 Å². The highest BCUT2D eigenvalue weighted by Crippen LogP contribution is 2.25. The smallest absolute Gasteiger partial charge is 0.255 e. The van der Waals surface area contributed by atoms with E-state index in [1.807, 2.05) is 0 Å². The van der Waals surface area contributed by atoms with Crippen LogP contribution < -0.4 is 15.8 Å². The van der Waals surface area contributed by atoms with E-state index in [-0.39, 0.29) is 22.7 Å². The minimum Gasteiger partial charge on any atom is -0.494 e. The van der Waals surface area contributed by atoms with E-state index in [0.29, 0.717) is 0 Å². The van der Waals surface area contributed by atoms with Crippen molar-refractivity contribution in [2.75, 3.05) is 18.2 Å². The van der Waals surface area contributed by atoms with Crippen LogP contribution in [0.15, 0.2) is 36.4 Å². The van der Waals surface area contributed by atoms with Crippen molar-refractivity contribution < 1.29 is 18.3 Å². The molecule has 0 aliphatic carbocycles. The number of hydrogen-bond acceptors (Lipinski definition) is 3. The van der Waals surface area contributed by atoms with Crippen LogP contribution in [-0.2, 0) is 0 Å². The Labute approximate surface area is 114 Å². The van der Waals surface area contributed by atoms with Gasteiger partial charge in [0, 0.05) is 11.6 Å². The molecule has 0 aromatic heterocycles. The normalized spacial score (nSPS) is 10.2. The predicted molar refractivity (Wildman–Crippen MR) is 71.7 cm³/mol. The molecule has 0 spiro atoms. The van der Waals surface area contributed by atoms with Crippen molar-refractivity contribution in [2.24, 2.45) is 0 Å². The van der Waals surface area contributed by atoms with Crippen LogP contribution in [0.3, 0.4) is 0 Å². The molecule has 0 atom stereocenters. The number of nitrogens with one attached hydrogen (secondary N) is 1. The molecular weight excluding hydrogens is 266 g/mol. The van der Waals surface area contributed by atoms with Gasteiger partial charge in [-0.05, 0) is 30.3 Å².